The number of hydrogen-bond acceptors (Lipinski definition) is 6. The number of carbonyl (C=O) groups is 1. The molecule has 1 aromatic rings. The number of aliphatic hydroxyl groups is 2. The molecule has 0 unspecified atom stereocenters. The molecule has 1 amide bonds. The topological polar surface area (TPSA) is 80.1 Å². The summed E-state index contributed by atoms with van der Waals surface area (Å²) in [5.74, 6) is 0.0737. The highest BCUT2D eigenvalue weighted by molar-refractivity contribution is 5.79. The second-order valence-electron chi connectivity index (χ2n) is 7.97. The van der Waals surface area contributed by atoms with E-state index in [-0.39, 0.29) is 25.0 Å². The summed E-state index contributed by atoms with van der Waals surface area (Å²) < 4.78 is 0. The molecule has 2 fully saturated rings. The van der Waals surface area contributed by atoms with Crippen molar-refractivity contribution in [3.05, 3.63) is 30.1 Å². The van der Waals surface area contributed by atoms with E-state index in [1.54, 1.807) is 4.90 Å². The van der Waals surface area contributed by atoms with Gasteiger partial charge >= 0.3 is 0 Å². The highest BCUT2D eigenvalue weighted by Gasteiger charge is 2.33. The second-order valence-corrected chi connectivity index (χ2v) is 7.97. The molecule has 7 nitrogen and oxygen atoms in total. The van der Waals surface area contributed by atoms with Gasteiger partial charge in [-0.05, 0) is 63.0 Å². The van der Waals surface area contributed by atoms with Crippen LogP contribution in [-0.4, -0.2) is 94.3 Å². The quantitative estimate of drug-likeness (QED) is 0.676. The Balaban J connectivity index is 1.49. The molecule has 1 atom stereocenters. The normalized spacial score (nSPS) is 22.3. The van der Waals surface area contributed by atoms with Gasteiger partial charge in [-0.2, -0.15) is 0 Å². The van der Waals surface area contributed by atoms with Gasteiger partial charge in [0.25, 0.3) is 0 Å². The van der Waals surface area contributed by atoms with Crippen LogP contribution in [0.15, 0.2) is 24.5 Å². The number of rotatable bonds is 8. The third kappa shape index (κ3) is 5.73. The van der Waals surface area contributed by atoms with Crippen LogP contribution >= 0.6 is 0 Å². The molecule has 7 heteroatoms. The summed E-state index contributed by atoms with van der Waals surface area (Å²) in [5.41, 5.74) is 1.31. The van der Waals surface area contributed by atoms with Gasteiger partial charge in [0, 0.05) is 44.6 Å². The van der Waals surface area contributed by atoms with E-state index in [0.717, 1.165) is 58.4 Å². The zero-order valence-corrected chi connectivity index (χ0v) is 16.7. The number of carbonyl (C=O) groups excluding carboxylic acids is 1. The fourth-order valence-corrected chi connectivity index (χ4v) is 4.56. The van der Waals surface area contributed by atoms with Gasteiger partial charge in [0.15, 0.2) is 0 Å². The van der Waals surface area contributed by atoms with Crippen molar-refractivity contribution in [3.63, 3.8) is 0 Å². The first-order valence-electron chi connectivity index (χ1n) is 10.6. The Morgan fingerprint density at radius 2 is 1.75 bits per heavy atom. The average Bonchev–Trinajstić information content (AvgIpc) is 2.74. The Morgan fingerprint density at radius 3 is 2.39 bits per heavy atom. The minimum atomic E-state index is -0.0574. The SMILES string of the molecule is O=C([C@@H]1CCCN(C2CCN(Cc3ccncc3)CC2)C1)N(CCO)CCO. The van der Waals surface area contributed by atoms with Crippen LogP contribution in [0.2, 0.25) is 0 Å². The van der Waals surface area contributed by atoms with E-state index in [4.69, 9.17) is 0 Å². The van der Waals surface area contributed by atoms with Gasteiger partial charge < -0.3 is 15.1 Å². The molecular weight excluding hydrogens is 356 g/mol. The van der Waals surface area contributed by atoms with Gasteiger partial charge in [-0.25, -0.2) is 0 Å². The lowest BCUT2D eigenvalue weighted by Gasteiger charge is -2.42. The molecule has 2 N–H and O–H groups in total. The van der Waals surface area contributed by atoms with Crippen molar-refractivity contribution in [2.75, 3.05) is 52.5 Å². The van der Waals surface area contributed by atoms with Crippen LogP contribution < -0.4 is 0 Å². The molecule has 156 valence electrons. The van der Waals surface area contributed by atoms with E-state index in [0.29, 0.717) is 19.1 Å². The smallest absolute Gasteiger partial charge is 0.227 e. The first-order valence-corrected chi connectivity index (χ1v) is 10.6. The number of nitrogens with zero attached hydrogens (tertiary/aromatic N) is 4. The van der Waals surface area contributed by atoms with Gasteiger partial charge in [-0.15, -0.1) is 0 Å². The van der Waals surface area contributed by atoms with Crippen molar-refractivity contribution in [1.82, 2.24) is 19.7 Å². The monoisotopic (exact) mass is 390 g/mol. The summed E-state index contributed by atoms with van der Waals surface area (Å²) in [4.78, 5) is 23.5. The highest BCUT2D eigenvalue weighted by atomic mass is 16.3. The van der Waals surface area contributed by atoms with E-state index in [1.807, 2.05) is 12.4 Å². The minimum Gasteiger partial charge on any atom is -0.395 e. The van der Waals surface area contributed by atoms with Crippen molar-refractivity contribution < 1.29 is 15.0 Å². The third-order valence-corrected chi connectivity index (χ3v) is 6.08. The van der Waals surface area contributed by atoms with Crippen molar-refractivity contribution in [2.45, 2.75) is 38.3 Å². The Hall–Kier alpha value is -1.54. The van der Waals surface area contributed by atoms with E-state index in [2.05, 4.69) is 26.9 Å². The number of aliphatic hydroxyl groups excluding tert-OH is 2. The summed E-state index contributed by atoms with van der Waals surface area (Å²) in [5, 5.41) is 18.4. The van der Waals surface area contributed by atoms with Crippen LogP contribution in [0.25, 0.3) is 0 Å². The first-order chi connectivity index (χ1) is 13.7. The molecule has 0 radical (unpaired) electrons. The molecule has 3 heterocycles. The van der Waals surface area contributed by atoms with Crippen LogP contribution in [0.1, 0.15) is 31.2 Å². The number of hydrogen-bond donors (Lipinski definition) is 2. The molecular formula is C21H34N4O3. The molecule has 0 bridgehead atoms. The van der Waals surface area contributed by atoms with Crippen LogP contribution in [0, 0.1) is 5.92 Å². The van der Waals surface area contributed by atoms with Gasteiger partial charge in [-0.1, -0.05) is 0 Å². The van der Waals surface area contributed by atoms with Gasteiger partial charge in [0.2, 0.25) is 5.91 Å². The van der Waals surface area contributed by atoms with Gasteiger partial charge in [0.1, 0.15) is 0 Å². The molecule has 0 aliphatic carbocycles. The number of pyridine rings is 1. The predicted octanol–water partition coefficient (Wildman–Crippen LogP) is 0.571. The van der Waals surface area contributed by atoms with Gasteiger partial charge in [0.05, 0.1) is 19.1 Å². The average molecular weight is 391 g/mol. The maximum absolute atomic E-state index is 12.8. The summed E-state index contributed by atoms with van der Waals surface area (Å²) in [7, 11) is 0. The molecule has 28 heavy (non-hydrogen) atoms. The summed E-state index contributed by atoms with van der Waals surface area (Å²) in [6.07, 6.45) is 7.93. The number of likely N-dealkylation sites (tertiary alicyclic amines) is 2. The largest absolute Gasteiger partial charge is 0.395 e. The maximum Gasteiger partial charge on any atom is 0.227 e. The molecule has 3 rings (SSSR count). The zero-order chi connectivity index (χ0) is 19.8. The molecule has 2 aliphatic rings. The molecule has 0 aromatic carbocycles. The number of aromatic nitrogens is 1. The standard InChI is InChI=1S/C21H34N4O3/c26-14-12-24(13-15-27)21(28)19-2-1-9-25(17-19)20-5-10-23(11-6-20)16-18-3-7-22-8-4-18/h3-4,7-8,19-20,26-27H,1-2,5-6,9-17H2/t19-/m1/s1. The lowest BCUT2D eigenvalue weighted by atomic mass is 9.92. The van der Waals surface area contributed by atoms with Gasteiger partial charge in [-0.3, -0.25) is 19.6 Å². The summed E-state index contributed by atoms with van der Waals surface area (Å²) in [6.45, 7) is 5.53. The van der Waals surface area contributed by atoms with E-state index >= 15 is 0 Å². The number of amides is 1. The Kier molecular flexibility index (Phi) is 8.21. The summed E-state index contributed by atoms with van der Waals surface area (Å²) in [6, 6.07) is 4.71. The van der Waals surface area contributed by atoms with Crippen molar-refractivity contribution in [1.29, 1.82) is 0 Å². The predicted molar refractivity (Wildman–Crippen MR) is 108 cm³/mol. The lowest BCUT2D eigenvalue weighted by Crippen LogP contribution is -2.51. The Labute approximate surface area is 168 Å². The Bertz CT molecular complexity index is 587. The fourth-order valence-electron chi connectivity index (χ4n) is 4.56. The van der Waals surface area contributed by atoms with Crippen molar-refractivity contribution in [3.8, 4) is 0 Å². The number of piperidine rings is 2. The van der Waals surface area contributed by atoms with E-state index in [9.17, 15) is 15.0 Å². The molecule has 2 saturated heterocycles. The van der Waals surface area contributed by atoms with Crippen molar-refractivity contribution in [2.24, 2.45) is 5.92 Å². The lowest BCUT2D eigenvalue weighted by molar-refractivity contribution is -0.139. The highest BCUT2D eigenvalue weighted by Crippen LogP contribution is 2.25. The maximum atomic E-state index is 12.8. The Morgan fingerprint density at radius 1 is 1.07 bits per heavy atom. The van der Waals surface area contributed by atoms with Crippen LogP contribution in [0.3, 0.4) is 0 Å². The molecule has 0 saturated carbocycles. The van der Waals surface area contributed by atoms with Crippen LogP contribution in [0.5, 0.6) is 0 Å². The fraction of sp³-hybridized carbons (Fsp3) is 0.714. The van der Waals surface area contributed by atoms with Crippen LogP contribution in [-0.2, 0) is 11.3 Å². The second kappa shape index (κ2) is 10.9. The van der Waals surface area contributed by atoms with E-state index < -0.39 is 0 Å². The summed E-state index contributed by atoms with van der Waals surface area (Å²) >= 11 is 0. The van der Waals surface area contributed by atoms with E-state index in [1.165, 1.54) is 5.56 Å². The third-order valence-electron chi connectivity index (χ3n) is 6.08. The molecule has 2 aliphatic heterocycles. The van der Waals surface area contributed by atoms with Crippen LogP contribution in [0.4, 0.5) is 0 Å². The molecule has 0 spiro atoms. The minimum absolute atomic E-state index is 0.0123. The zero-order valence-electron chi connectivity index (χ0n) is 16.7. The molecule has 1 aromatic heterocycles. The van der Waals surface area contributed by atoms with Crippen molar-refractivity contribution >= 4 is 5.91 Å². The first kappa shape index (κ1) is 21.2.